The van der Waals surface area contributed by atoms with Gasteiger partial charge in [-0.1, -0.05) is 29.8 Å². The summed E-state index contributed by atoms with van der Waals surface area (Å²) >= 11 is 0. The molecule has 1 saturated heterocycles. The lowest BCUT2D eigenvalue weighted by Crippen LogP contribution is -2.50. The van der Waals surface area contributed by atoms with Crippen molar-refractivity contribution in [2.75, 3.05) is 50.0 Å². The number of hydrogen-bond acceptors (Lipinski definition) is 5. The number of benzene rings is 2. The molecule has 8 heteroatoms. The van der Waals surface area contributed by atoms with Gasteiger partial charge in [0.05, 0.1) is 6.54 Å². The Hall–Kier alpha value is -2.58. The minimum absolute atomic E-state index is 0.253. The van der Waals surface area contributed by atoms with Gasteiger partial charge in [-0.2, -0.15) is 4.31 Å². The number of carbonyl (C=O) groups is 1. The Kier molecular flexibility index (Phi) is 7.33. The fourth-order valence-corrected chi connectivity index (χ4v) is 4.69. The van der Waals surface area contributed by atoms with Crippen molar-refractivity contribution in [2.24, 2.45) is 0 Å². The van der Waals surface area contributed by atoms with Crippen LogP contribution in [0.4, 0.5) is 5.69 Å². The molecule has 1 amide bonds. The average molecular weight is 432 g/mol. The van der Waals surface area contributed by atoms with Gasteiger partial charge in [0.2, 0.25) is 15.9 Å². The first kappa shape index (κ1) is 22.1. The number of ether oxygens (including phenoxy) is 1. The highest BCUT2D eigenvalue weighted by Crippen LogP contribution is 2.19. The van der Waals surface area contributed by atoms with Crippen LogP contribution in [0.15, 0.2) is 48.5 Å². The van der Waals surface area contributed by atoms with Crippen LogP contribution in [0, 0.1) is 13.8 Å². The summed E-state index contributed by atoms with van der Waals surface area (Å²) in [7, 11) is -3.64. The number of carbonyl (C=O) groups excluding carboxylic acids is 1. The molecule has 0 bridgehead atoms. The van der Waals surface area contributed by atoms with Crippen LogP contribution in [0.1, 0.15) is 11.1 Å². The molecule has 0 aromatic heterocycles. The van der Waals surface area contributed by atoms with E-state index in [9.17, 15) is 13.2 Å². The molecule has 0 spiro atoms. The molecule has 2 aromatic rings. The van der Waals surface area contributed by atoms with E-state index in [0.717, 1.165) is 11.3 Å². The molecule has 1 aliphatic heterocycles. The standard InChI is InChI=1S/C22H29N3O4S/c1-18-6-8-21(9-7-18)29-15-10-23-22(26)17-30(27,28)25-13-11-24(12-14-25)20-5-3-4-19(2)16-20/h3-9,16H,10-15,17H2,1-2H3,(H,23,26). The van der Waals surface area contributed by atoms with Crippen molar-refractivity contribution in [2.45, 2.75) is 13.8 Å². The van der Waals surface area contributed by atoms with E-state index in [1.54, 1.807) is 0 Å². The van der Waals surface area contributed by atoms with Gasteiger partial charge in [-0.15, -0.1) is 0 Å². The van der Waals surface area contributed by atoms with Crippen molar-refractivity contribution in [3.8, 4) is 5.75 Å². The maximum atomic E-state index is 12.6. The van der Waals surface area contributed by atoms with Gasteiger partial charge in [0, 0.05) is 31.9 Å². The summed E-state index contributed by atoms with van der Waals surface area (Å²) in [4.78, 5) is 14.3. The molecule has 7 nitrogen and oxygen atoms in total. The van der Waals surface area contributed by atoms with E-state index in [0.29, 0.717) is 31.9 Å². The number of anilines is 1. The van der Waals surface area contributed by atoms with E-state index in [4.69, 9.17) is 4.74 Å². The number of piperazine rings is 1. The van der Waals surface area contributed by atoms with Crippen LogP contribution >= 0.6 is 0 Å². The third kappa shape index (κ3) is 6.21. The first-order valence-corrected chi connectivity index (χ1v) is 11.7. The average Bonchev–Trinajstić information content (AvgIpc) is 2.72. The van der Waals surface area contributed by atoms with Crippen LogP contribution in [0.3, 0.4) is 0 Å². The van der Waals surface area contributed by atoms with Gasteiger partial charge in [0.15, 0.2) is 0 Å². The lowest BCUT2D eigenvalue weighted by Gasteiger charge is -2.35. The molecule has 1 heterocycles. The third-order valence-electron chi connectivity index (χ3n) is 5.03. The third-order valence-corrected chi connectivity index (χ3v) is 6.81. The lowest BCUT2D eigenvalue weighted by atomic mass is 10.2. The first-order chi connectivity index (χ1) is 14.3. The van der Waals surface area contributed by atoms with Crippen molar-refractivity contribution in [3.05, 3.63) is 59.7 Å². The first-order valence-electron chi connectivity index (χ1n) is 10.1. The zero-order valence-corrected chi connectivity index (χ0v) is 18.3. The zero-order chi connectivity index (χ0) is 21.6. The van der Waals surface area contributed by atoms with Crippen molar-refractivity contribution >= 4 is 21.6 Å². The number of nitrogens with one attached hydrogen (secondary N) is 1. The fraction of sp³-hybridized carbons (Fsp3) is 0.409. The van der Waals surface area contributed by atoms with Crippen LogP contribution in [0.5, 0.6) is 5.75 Å². The number of nitrogens with zero attached hydrogens (tertiary/aromatic N) is 2. The Labute approximate surface area is 178 Å². The Bertz CT molecular complexity index is 953. The highest BCUT2D eigenvalue weighted by Gasteiger charge is 2.29. The molecular weight excluding hydrogens is 402 g/mol. The highest BCUT2D eigenvalue weighted by molar-refractivity contribution is 7.89. The van der Waals surface area contributed by atoms with E-state index in [1.807, 2.05) is 56.3 Å². The smallest absolute Gasteiger partial charge is 0.236 e. The second-order valence-electron chi connectivity index (χ2n) is 7.49. The number of rotatable bonds is 8. The molecule has 0 radical (unpaired) electrons. The Balaban J connectivity index is 1.41. The van der Waals surface area contributed by atoms with Crippen molar-refractivity contribution < 1.29 is 17.9 Å². The summed E-state index contributed by atoms with van der Waals surface area (Å²) in [5.41, 5.74) is 3.41. The monoisotopic (exact) mass is 431 g/mol. The molecule has 0 aliphatic carbocycles. The van der Waals surface area contributed by atoms with E-state index in [-0.39, 0.29) is 13.2 Å². The zero-order valence-electron chi connectivity index (χ0n) is 17.5. The van der Waals surface area contributed by atoms with Crippen LogP contribution in [0.25, 0.3) is 0 Å². The van der Waals surface area contributed by atoms with E-state index >= 15 is 0 Å². The molecule has 1 fully saturated rings. The van der Waals surface area contributed by atoms with Crippen LogP contribution in [-0.2, 0) is 14.8 Å². The number of hydrogen-bond donors (Lipinski definition) is 1. The SMILES string of the molecule is Cc1ccc(OCCNC(=O)CS(=O)(=O)N2CCN(c3cccc(C)c3)CC2)cc1. The number of sulfonamides is 1. The molecule has 1 aliphatic rings. The lowest BCUT2D eigenvalue weighted by molar-refractivity contribution is -0.118. The maximum Gasteiger partial charge on any atom is 0.236 e. The van der Waals surface area contributed by atoms with Crippen molar-refractivity contribution in [1.82, 2.24) is 9.62 Å². The normalized spacial score (nSPS) is 15.1. The summed E-state index contributed by atoms with van der Waals surface area (Å²) in [6, 6.07) is 15.8. The topological polar surface area (TPSA) is 78.9 Å². The van der Waals surface area contributed by atoms with E-state index < -0.39 is 21.7 Å². The summed E-state index contributed by atoms with van der Waals surface area (Å²) in [6.45, 7) is 6.53. The Morgan fingerprint density at radius 2 is 1.70 bits per heavy atom. The molecule has 162 valence electrons. The number of amides is 1. The van der Waals surface area contributed by atoms with Gasteiger partial charge in [-0.25, -0.2) is 8.42 Å². The molecule has 1 N–H and O–H groups in total. The molecule has 0 saturated carbocycles. The Morgan fingerprint density at radius 3 is 2.37 bits per heavy atom. The molecular formula is C22H29N3O4S. The summed E-state index contributed by atoms with van der Waals surface area (Å²) in [6.07, 6.45) is 0. The quantitative estimate of drug-likeness (QED) is 0.647. The van der Waals surface area contributed by atoms with Gasteiger partial charge >= 0.3 is 0 Å². The number of aryl methyl sites for hydroxylation is 2. The van der Waals surface area contributed by atoms with Gasteiger partial charge in [-0.05, 0) is 43.7 Å². The van der Waals surface area contributed by atoms with Gasteiger partial charge in [0.25, 0.3) is 0 Å². The van der Waals surface area contributed by atoms with Crippen LogP contribution in [0.2, 0.25) is 0 Å². The van der Waals surface area contributed by atoms with Gasteiger partial charge in [-0.3, -0.25) is 4.79 Å². The molecule has 0 atom stereocenters. The van der Waals surface area contributed by atoms with Gasteiger partial charge in [0.1, 0.15) is 18.1 Å². The van der Waals surface area contributed by atoms with E-state index in [1.165, 1.54) is 9.87 Å². The molecule has 2 aromatic carbocycles. The Morgan fingerprint density at radius 1 is 1.00 bits per heavy atom. The van der Waals surface area contributed by atoms with E-state index in [2.05, 4.69) is 16.3 Å². The molecule has 0 unspecified atom stereocenters. The summed E-state index contributed by atoms with van der Waals surface area (Å²) in [5.74, 6) is -0.334. The van der Waals surface area contributed by atoms with Gasteiger partial charge < -0.3 is 15.0 Å². The van der Waals surface area contributed by atoms with Crippen LogP contribution in [-0.4, -0.2) is 63.7 Å². The predicted molar refractivity (Wildman–Crippen MR) is 118 cm³/mol. The fourth-order valence-electron chi connectivity index (χ4n) is 3.35. The molecule has 30 heavy (non-hydrogen) atoms. The maximum absolute atomic E-state index is 12.6. The summed E-state index contributed by atoms with van der Waals surface area (Å²) in [5, 5.41) is 2.62. The minimum Gasteiger partial charge on any atom is -0.492 e. The van der Waals surface area contributed by atoms with Crippen molar-refractivity contribution in [3.63, 3.8) is 0 Å². The summed E-state index contributed by atoms with van der Waals surface area (Å²) < 4.78 is 32.1. The molecule has 3 rings (SSSR count). The second kappa shape index (κ2) is 9.95. The minimum atomic E-state index is -3.64. The van der Waals surface area contributed by atoms with Crippen LogP contribution < -0.4 is 15.0 Å². The van der Waals surface area contributed by atoms with Crippen molar-refractivity contribution in [1.29, 1.82) is 0 Å². The second-order valence-corrected chi connectivity index (χ2v) is 9.46. The largest absolute Gasteiger partial charge is 0.492 e. The highest BCUT2D eigenvalue weighted by atomic mass is 32.2. The predicted octanol–water partition coefficient (Wildman–Crippen LogP) is 1.95.